The third-order valence-electron chi connectivity index (χ3n) is 3.56. The van der Waals surface area contributed by atoms with Gasteiger partial charge in [-0.1, -0.05) is 36.8 Å². The number of benzene rings is 1. The molecule has 0 fully saturated rings. The predicted octanol–water partition coefficient (Wildman–Crippen LogP) is 2.13. The number of hydrogen-bond donors (Lipinski definition) is 1. The van der Waals surface area contributed by atoms with Crippen LogP contribution in [0.1, 0.15) is 25.8 Å². The minimum atomic E-state index is -0.232. The van der Waals surface area contributed by atoms with Gasteiger partial charge in [-0.05, 0) is 20.3 Å². The minimum absolute atomic E-state index is 0.00957. The number of aromatic nitrogens is 2. The Morgan fingerprint density at radius 1 is 1.32 bits per heavy atom. The van der Waals surface area contributed by atoms with E-state index < -0.39 is 0 Å². The average molecular weight is 299 g/mol. The predicted molar refractivity (Wildman–Crippen MR) is 86.6 cm³/mol. The third kappa shape index (κ3) is 4.04. The second-order valence-corrected chi connectivity index (χ2v) is 5.48. The van der Waals surface area contributed by atoms with Crippen LogP contribution in [-0.4, -0.2) is 21.5 Å². The highest BCUT2D eigenvalue weighted by atomic mass is 16.2. The Morgan fingerprint density at radius 3 is 2.59 bits per heavy atom. The third-order valence-corrected chi connectivity index (χ3v) is 3.56. The highest BCUT2D eigenvalue weighted by Gasteiger charge is 2.09. The maximum Gasteiger partial charge on any atom is 0.254 e. The summed E-state index contributed by atoms with van der Waals surface area (Å²) < 4.78 is 1.31. The number of nitrogens with one attached hydrogen (secondary N) is 1. The minimum Gasteiger partial charge on any atom is -0.352 e. The molecular weight excluding hydrogens is 278 g/mol. The van der Waals surface area contributed by atoms with Gasteiger partial charge < -0.3 is 5.32 Å². The number of rotatable bonds is 5. The summed E-state index contributed by atoms with van der Waals surface area (Å²) in [4.78, 5) is 28.2. The van der Waals surface area contributed by atoms with Crippen LogP contribution >= 0.6 is 0 Å². The van der Waals surface area contributed by atoms with Crippen LogP contribution in [0.5, 0.6) is 0 Å². The van der Waals surface area contributed by atoms with Crippen LogP contribution in [0, 0.1) is 6.92 Å². The summed E-state index contributed by atoms with van der Waals surface area (Å²) >= 11 is 0. The van der Waals surface area contributed by atoms with Crippen LogP contribution in [0.2, 0.25) is 0 Å². The molecule has 5 nitrogen and oxygen atoms in total. The van der Waals surface area contributed by atoms with Crippen molar-refractivity contribution < 1.29 is 4.79 Å². The monoisotopic (exact) mass is 299 g/mol. The molecule has 5 heteroatoms. The van der Waals surface area contributed by atoms with Gasteiger partial charge in [-0.25, -0.2) is 4.98 Å². The van der Waals surface area contributed by atoms with E-state index in [9.17, 15) is 9.59 Å². The lowest BCUT2D eigenvalue weighted by Crippen LogP contribution is -2.37. The Morgan fingerprint density at radius 2 is 2.00 bits per heavy atom. The fraction of sp³-hybridized carbons (Fsp3) is 0.353. The van der Waals surface area contributed by atoms with E-state index in [1.807, 2.05) is 45.0 Å². The van der Waals surface area contributed by atoms with Gasteiger partial charge in [-0.3, -0.25) is 14.2 Å². The number of carbonyl (C=O) groups is 1. The molecule has 1 aromatic heterocycles. The van der Waals surface area contributed by atoms with Crippen LogP contribution in [0.15, 0.2) is 41.5 Å². The normalized spacial score (nSPS) is 12.0. The van der Waals surface area contributed by atoms with Gasteiger partial charge in [-0.2, -0.15) is 0 Å². The Hall–Kier alpha value is -2.43. The fourth-order valence-corrected chi connectivity index (χ4v) is 2.00. The van der Waals surface area contributed by atoms with Gasteiger partial charge in [0.1, 0.15) is 6.54 Å². The summed E-state index contributed by atoms with van der Waals surface area (Å²) in [6.07, 6.45) is 2.28. The van der Waals surface area contributed by atoms with E-state index in [0.29, 0.717) is 5.69 Å². The molecule has 22 heavy (non-hydrogen) atoms. The first-order valence-electron chi connectivity index (χ1n) is 7.42. The highest BCUT2D eigenvalue weighted by molar-refractivity contribution is 5.76. The van der Waals surface area contributed by atoms with Crippen molar-refractivity contribution in [3.05, 3.63) is 52.6 Å². The van der Waals surface area contributed by atoms with Gasteiger partial charge >= 0.3 is 0 Å². The maximum atomic E-state index is 12.1. The van der Waals surface area contributed by atoms with Crippen molar-refractivity contribution in [3.63, 3.8) is 0 Å². The van der Waals surface area contributed by atoms with Crippen LogP contribution in [-0.2, 0) is 11.3 Å². The van der Waals surface area contributed by atoms with Crippen molar-refractivity contribution in [2.24, 2.45) is 0 Å². The van der Waals surface area contributed by atoms with E-state index in [4.69, 9.17) is 0 Å². The van der Waals surface area contributed by atoms with Crippen molar-refractivity contribution in [2.75, 3.05) is 0 Å². The maximum absolute atomic E-state index is 12.1. The molecule has 0 radical (unpaired) electrons. The SMILES string of the molecule is CC[C@@H](C)NC(=O)Cn1cnc(-c2ccc(C)cc2)cc1=O. The summed E-state index contributed by atoms with van der Waals surface area (Å²) in [5.41, 5.74) is 2.42. The Labute approximate surface area is 130 Å². The van der Waals surface area contributed by atoms with Crippen molar-refractivity contribution in [1.29, 1.82) is 0 Å². The van der Waals surface area contributed by atoms with E-state index in [1.54, 1.807) is 0 Å². The zero-order valence-corrected chi connectivity index (χ0v) is 13.2. The first-order chi connectivity index (χ1) is 10.5. The second kappa shape index (κ2) is 7.02. The van der Waals surface area contributed by atoms with E-state index in [1.165, 1.54) is 17.0 Å². The molecule has 1 N–H and O–H groups in total. The van der Waals surface area contributed by atoms with Gasteiger partial charge in [-0.15, -0.1) is 0 Å². The van der Waals surface area contributed by atoms with E-state index in [-0.39, 0.29) is 24.1 Å². The molecule has 0 unspecified atom stereocenters. The topological polar surface area (TPSA) is 64.0 Å². The second-order valence-electron chi connectivity index (χ2n) is 5.48. The molecule has 0 saturated carbocycles. The molecule has 0 bridgehead atoms. The van der Waals surface area contributed by atoms with Gasteiger partial charge in [0.15, 0.2) is 0 Å². The summed E-state index contributed by atoms with van der Waals surface area (Å²) in [7, 11) is 0. The molecule has 2 aromatic rings. The largest absolute Gasteiger partial charge is 0.352 e. The number of nitrogens with zero attached hydrogens (tertiary/aromatic N) is 2. The molecule has 0 saturated heterocycles. The van der Waals surface area contributed by atoms with Crippen LogP contribution in [0.4, 0.5) is 0 Å². The molecule has 0 spiro atoms. The standard InChI is InChI=1S/C17H21N3O2/c1-4-13(3)19-16(21)10-20-11-18-15(9-17(20)22)14-7-5-12(2)6-8-14/h5-9,11,13H,4,10H2,1-3H3,(H,19,21)/t13-/m1/s1. The molecule has 0 aliphatic carbocycles. The van der Waals surface area contributed by atoms with Gasteiger partial charge in [0, 0.05) is 17.7 Å². The van der Waals surface area contributed by atoms with Crippen molar-refractivity contribution >= 4 is 5.91 Å². The lowest BCUT2D eigenvalue weighted by atomic mass is 10.1. The smallest absolute Gasteiger partial charge is 0.254 e. The van der Waals surface area contributed by atoms with Crippen LogP contribution < -0.4 is 10.9 Å². The summed E-state index contributed by atoms with van der Waals surface area (Å²) in [5, 5.41) is 2.83. The molecule has 0 aliphatic rings. The summed E-state index contributed by atoms with van der Waals surface area (Å²) in [5.74, 6) is -0.179. The summed E-state index contributed by atoms with van der Waals surface area (Å²) in [6.45, 7) is 5.92. The molecule has 2 rings (SSSR count). The molecule has 1 heterocycles. The lowest BCUT2D eigenvalue weighted by Gasteiger charge is -2.12. The number of amides is 1. The van der Waals surface area contributed by atoms with Crippen molar-refractivity contribution in [2.45, 2.75) is 39.8 Å². The Balaban J connectivity index is 2.15. The summed E-state index contributed by atoms with van der Waals surface area (Å²) in [6, 6.07) is 9.36. The zero-order valence-electron chi connectivity index (χ0n) is 13.2. The number of carbonyl (C=O) groups excluding carboxylic acids is 1. The van der Waals surface area contributed by atoms with E-state index in [0.717, 1.165) is 17.5 Å². The average Bonchev–Trinajstić information content (AvgIpc) is 2.50. The molecule has 116 valence electrons. The van der Waals surface area contributed by atoms with Crippen molar-refractivity contribution in [3.8, 4) is 11.3 Å². The highest BCUT2D eigenvalue weighted by Crippen LogP contribution is 2.15. The number of aryl methyl sites for hydroxylation is 1. The molecule has 1 atom stereocenters. The molecule has 0 aliphatic heterocycles. The lowest BCUT2D eigenvalue weighted by molar-refractivity contribution is -0.122. The molecule has 1 amide bonds. The van der Waals surface area contributed by atoms with Gasteiger partial charge in [0.2, 0.25) is 5.91 Å². The Kier molecular flexibility index (Phi) is 5.09. The van der Waals surface area contributed by atoms with E-state index >= 15 is 0 Å². The number of hydrogen-bond acceptors (Lipinski definition) is 3. The van der Waals surface area contributed by atoms with E-state index in [2.05, 4.69) is 10.3 Å². The molecular formula is C17H21N3O2. The Bertz CT molecular complexity index is 705. The molecule has 1 aromatic carbocycles. The van der Waals surface area contributed by atoms with Crippen LogP contribution in [0.25, 0.3) is 11.3 Å². The first-order valence-corrected chi connectivity index (χ1v) is 7.42. The van der Waals surface area contributed by atoms with Gasteiger partial charge in [0.25, 0.3) is 5.56 Å². The van der Waals surface area contributed by atoms with Crippen LogP contribution in [0.3, 0.4) is 0 Å². The van der Waals surface area contributed by atoms with Gasteiger partial charge in [0.05, 0.1) is 12.0 Å². The quantitative estimate of drug-likeness (QED) is 0.920. The first kappa shape index (κ1) is 15.9. The van der Waals surface area contributed by atoms with Crippen molar-refractivity contribution in [1.82, 2.24) is 14.9 Å². The zero-order chi connectivity index (χ0) is 16.1. The fourth-order valence-electron chi connectivity index (χ4n) is 2.00.